The molecular weight excluding hydrogens is 192 g/mol. The first-order chi connectivity index (χ1) is 7.27. The minimum atomic E-state index is 0.227. The van der Waals surface area contributed by atoms with Crippen molar-refractivity contribution in [1.82, 2.24) is 4.90 Å². The highest BCUT2D eigenvalue weighted by atomic mass is 16.5. The van der Waals surface area contributed by atoms with Crippen molar-refractivity contribution in [3.05, 3.63) is 0 Å². The fourth-order valence-electron chi connectivity index (χ4n) is 1.95. The van der Waals surface area contributed by atoms with Crippen LogP contribution in [0, 0.1) is 0 Å². The molecule has 4 nitrogen and oxygen atoms in total. The molecule has 1 unspecified atom stereocenters. The highest BCUT2D eigenvalue weighted by Gasteiger charge is 2.23. The summed E-state index contributed by atoms with van der Waals surface area (Å²) >= 11 is 0. The number of piperidine rings is 1. The van der Waals surface area contributed by atoms with Gasteiger partial charge < -0.3 is 15.4 Å². The van der Waals surface area contributed by atoms with E-state index in [1.165, 1.54) is 0 Å². The largest absolute Gasteiger partial charge is 0.377 e. The van der Waals surface area contributed by atoms with E-state index >= 15 is 0 Å². The van der Waals surface area contributed by atoms with Crippen molar-refractivity contribution < 1.29 is 9.53 Å². The van der Waals surface area contributed by atoms with Crippen LogP contribution in [0.3, 0.4) is 0 Å². The Labute approximate surface area is 91.8 Å². The average molecular weight is 214 g/mol. The molecule has 4 heteroatoms. The predicted octanol–water partition coefficient (Wildman–Crippen LogP) is 0.753. The van der Waals surface area contributed by atoms with E-state index in [9.17, 15) is 4.79 Å². The Kier molecular flexibility index (Phi) is 5.65. The first kappa shape index (κ1) is 12.5. The van der Waals surface area contributed by atoms with Crippen molar-refractivity contribution in [3.8, 4) is 0 Å². The van der Waals surface area contributed by atoms with Crippen molar-refractivity contribution in [2.75, 3.05) is 26.2 Å². The number of carbonyl (C=O) groups excluding carboxylic acids is 1. The number of carbonyl (C=O) groups is 1. The normalized spacial score (nSPS) is 21.7. The van der Waals surface area contributed by atoms with E-state index in [2.05, 4.69) is 0 Å². The molecule has 0 spiro atoms. The van der Waals surface area contributed by atoms with Crippen LogP contribution in [-0.2, 0) is 9.53 Å². The minimum absolute atomic E-state index is 0.227. The summed E-state index contributed by atoms with van der Waals surface area (Å²) in [4.78, 5) is 13.6. The van der Waals surface area contributed by atoms with Crippen molar-refractivity contribution in [2.45, 2.75) is 38.7 Å². The molecule has 0 aliphatic carbocycles. The first-order valence-corrected chi connectivity index (χ1v) is 5.87. The molecule has 1 aliphatic rings. The molecule has 0 bridgehead atoms. The quantitative estimate of drug-likeness (QED) is 0.735. The molecule has 1 saturated heterocycles. The molecular formula is C11H22N2O2. The monoisotopic (exact) mass is 214 g/mol. The van der Waals surface area contributed by atoms with Crippen LogP contribution < -0.4 is 5.73 Å². The van der Waals surface area contributed by atoms with E-state index < -0.39 is 0 Å². The molecule has 1 fully saturated rings. The van der Waals surface area contributed by atoms with E-state index in [4.69, 9.17) is 10.5 Å². The van der Waals surface area contributed by atoms with Crippen LogP contribution in [-0.4, -0.2) is 43.2 Å². The van der Waals surface area contributed by atoms with Crippen LogP contribution >= 0.6 is 0 Å². The van der Waals surface area contributed by atoms with Crippen molar-refractivity contribution in [3.63, 3.8) is 0 Å². The summed E-state index contributed by atoms with van der Waals surface area (Å²) in [6, 6.07) is 0. The zero-order valence-electron chi connectivity index (χ0n) is 9.58. The van der Waals surface area contributed by atoms with Gasteiger partial charge in [-0.1, -0.05) is 0 Å². The van der Waals surface area contributed by atoms with Gasteiger partial charge in [-0.3, -0.25) is 4.79 Å². The summed E-state index contributed by atoms with van der Waals surface area (Å²) in [5.74, 6) is 0.227. The second-order valence-electron chi connectivity index (χ2n) is 3.95. The maximum Gasteiger partial charge on any atom is 0.222 e. The van der Waals surface area contributed by atoms with Gasteiger partial charge in [-0.25, -0.2) is 0 Å². The molecule has 0 radical (unpaired) electrons. The van der Waals surface area contributed by atoms with Gasteiger partial charge in [0.15, 0.2) is 0 Å². The van der Waals surface area contributed by atoms with E-state index in [1.54, 1.807) is 0 Å². The molecule has 1 rings (SSSR count). The van der Waals surface area contributed by atoms with Gasteiger partial charge in [0, 0.05) is 26.1 Å². The van der Waals surface area contributed by atoms with Crippen LogP contribution in [0.4, 0.5) is 0 Å². The van der Waals surface area contributed by atoms with Gasteiger partial charge in [0.2, 0.25) is 5.91 Å². The van der Waals surface area contributed by atoms with Crippen molar-refractivity contribution in [1.29, 1.82) is 0 Å². The zero-order chi connectivity index (χ0) is 11.1. The number of nitrogens with zero attached hydrogens (tertiary/aromatic N) is 1. The summed E-state index contributed by atoms with van der Waals surface area (Å²) < 4.78 is 5.55. The number of likely N-dealkylation sites (tertiary alicyclic amines) is 1. The molecule has 1 atom stereocenters. The first-order valence-electron chi connectivity index (χ1n) is 5.87. The summed E-state index contributed by atoms with van der Waals surface area (Å²) in [5.41, 5.74) is 5.39. The number of hydrogen-bond acceptors (Lipinski definition) is 3. The summed E-state index contributed by atoms with van der Waals surface area (Å²) in [5, 5.41) is 0. The Hall–Kier alpha value is -0.610. The fourth-order valence-corrected chi connectivity index (χ4v) is 1.95. The van der Waals surface area contributed by atoms with Gasteiger partial charge in [0.1, 0.15) is 0 Å². The predicted molar refractivity (Wildman–Crippen MR) is 59.5 cm³/mol. The molecule has 0 aromatic rings. The van der Waals surface area contributed by atoms with Gasteiger partial charge >= 0.3 is 0 Å². The molecule has 15 heavy (non-hydrogen) atoms. The van der Waals surface area contributed by atoms with Crippen LogP contribution in [0.15, 0.2) is 0 Å². The SMILES string of the molecule is CCOC1CCCN(C(=O)CCCN)C1. The lowest BCUT2D eigenvalue weighted by Gasteiger charge is -2.32. The third-order valence-electron chi connectivity index (χ3n) is 2.73. The maximum atomic E-state index is 11.7. The van der Waals surface area contributed by atoms with Crippen molar-refractivity contribution in [2.24, 2.45) is 5.73 Å². The number of amides is 1. The average Bonchev–Trinajstić information content (AvgIpc) is 2.27. The number of rotatable bonds is 5. The lowest BCUT2D eigenvalue weighted by molar-refractivity contribution is -0.135. The van der Waals surface area contributed by atoms with Crippen LogP contribution in [0.1, 0.15) is 32.6 Å². The highest BCUT2D eigenvalue weighted by Crippen LogP contribution is 2.14. The van der Waals surface area contributed by atoms with E-state index in [0.29, 0.717) is 13.0 Å². The van der Waals surface area contributed by atoms with Crippen LogP contribution in [0.25, 0.3) is 0 Å². The van der Waals surface area contributed by atoms with Crippen LogP contribution in [0.2, 0.25) is 0 Å². The van der Waals surface area contributed by atoms with E-state index in [1.807, 2.05) is 11.8 Å². The standard InChI is InChI=1S/C11H22N2O2/c1-2-15-10-5-4-8-13(9-10)11(14)6-3-7-12/h10H,2-9,12H2,1H3. The van der Waals surface area contributed by atoms with Gasteiger partial charge in [-0.15, -0.1) is 0 Å². The lowest BCUT2D eigenvalue weighted by Crippen LogP contribution is -2.43. The minimum Gasteiger partial charge on any atom is -0.377 e. The Morgan fingerprint density at radius 3 is 3.07 bits per heavy atom. The smallest absolute Gasteiger partial charge is 0.222 e. The topological polar surface area (TPSA) is 55.6 Å². The molecule has 0 aromatic carbocycles. The summed E-state index contributed by atoms with van der Waals surface area (Å²) in [6.45, 7) is 4.96. The molecule has 1 heterocycles. The highest BCUT2D eigenvalue weighted by molar-refractivity contribution is 5.76. The molecule has 1 aliphatic heterocycles. The number of hydrogen-bond donors (Lipinski definition) is 1. The third kappa shape index (κ3) is 4.18. The third-order valence-corrected chi connectivity index (χ3v) is 2.73. The second-order valence-corrected chi connectivity index (χ2v) is 3.95. The summed E-state index contributed by atoms with van der Waals surface area (Å²) in [6.07, 6.45) is 3.74. The van der Waals surface area contributed by atoms with Gasteiger partial charge in [-0.05, 0) is 32.7 Å². The van der Waals surface area contributed by atoms with Gasteiger partial charge in [0.25, 0.3) is 0 Å². The van der Waals surface area contributed by atoms with E-state index in [0.717, 1.165) is 39.0 Å². The molecule has 1 amide bonds. The Morgan fingerprint density at radius 2 is 2.40 bits per heavy atom. The Morgan fingerprint density at radius 1 is 1.60 bits per heavy atom. The number of nitrogens with two attached hydrogens (primary N) is 1. The maximum absolute atomic E-state index is 11.7. The van der Waals surface area contributed by atoms with Crippen LogP contribution in [0.5, 0.6) is 0 Å². The molecule has 0 aromatic heterocycles. The fraction of sp³-hybridized carbons (Fsp3) is 0.909. The molecule has 0 saturated carbocycles. The van der Waals surface area contributed by atoms with Crippen molar-refractivity contribution >= 4 is 5.91 Å². The lowest BCUT2D eigenvalue weighted by atomic mass is 10.1. The summed E-state index contributed by atoms with van der Waals surface area (Å²) in [7, 11) is 0. The zero-order valence-corrected chi connectivity index (χ0v) is 9.58. The second kappa shape index (κ2) is 6.80. The van der Waals surface area contributed by atoms with Gasteiger partial charge in [0.05, 0.1) is 6.10 Å². The van der Waals surface area contributed by atoms with E-state index in [-0.39, 0.29) is 12.0 Å². The number of ether oxygens (including phenoxy) is 1. The molecule has 2 N–H and O–H groups in total. The Bertz CT molecular complexity index is 195. The van der Waals surface area contributed by atoms with Gasteiger partial charge in [-0.2, -0.15) is 0 Å². The Balaban J connectivity index is 2.31. The molecule has 88 valence electrons.